The zero-order valence-corrected chi connectivity index (χ0v) is 11.4. The average molecular weight is 268 g/mol. The summed E-state index contributed by atoms with van der Waals surface area (Å²) in [7, 11) is 0. The summed E-state index contributed by atoms with van der Waals surface area (Å²) in [6.45, 7) is 5.83. The molecule has 0 aromatic carbocycles. The van der Waals surface area contributed by atoms with Crippen molar-refractivity contribution >= 4 is 28.8 Å². The molecule has 1 N–H and O–H groups in total. The number of hydrogen-bond donors (Lipinski definition) is 1. The van der Waals surface area contributed by atoms with Crippen LogP contribution in [0.15, 0.2) is 11.6 Å². The largest absolute Gasteiger partial charge is 0.339 e. The van der Waals surface area contributed by atoms with Crippen LogP contribution >= 0.6 is 22.9 Å². The first kappa shape index (κ1) is 12.1. The molecule has 0 aliphatic heterocycles. The van der Waals surface area contributed by atoms with Gasteiger partial charge in [-0.3, -0.25) is 4.79 Å². The highest BCUT2D eigenvalue weighted by Gasteiger charge is 2.27. The van der Waals surface area contributed by atoms with Gasteiger partial charge in [0, 0.05) is 16.5 Å². The first-order valence-electron chi connectivity index (χ1n) is 5.01. The molecular formula is C10H12N4OS2. The third kappa shape index (κ3) is 2.67. The van der Waals surface area contributed by atoms with E-state index in [9.17, 15) is 4.79 Å². The van der Waals surface area contributed by atoms with E-state index in [1.165, 1.54) is 0 Å². The summed E-state index contributed by atoms with van der Waals surface area (Å²) in [5, 5.41) is 9.14. The first-order chi connectivity index (χ1) is 7.99. The van der Waals surface area contributed by atoms with Crippen molar-refractivity contribution in [2.24, 2.45) is 0 Å². The zero-order valence-electron chi connectivity index (χ0n) is 9.72. The van der Waals surface area contributed by atoms with Gasteiger partial charge in [-0.15, -0.1) is 16.4 Å². The van der Waals surface area contributed by atoms with Crippen molar-refractivity contribution in [2.75, 3.05) is 0 Å². The van der Waals surface area contributed by atoms with Crippen molar-refractivity contribution in [3.8, 4) is 0 Å². The standard InChI is InChI=1S/C10H12N4OS2/c1-6-4-11-9(17-6)10(2,3)12-8(15)7-5-16-14-13-7/h4-5H,1-3H3,(H,12,15). The van der Waals surface area contributed by atoms with E-state index in [1.54, 1.807) is 22.9 Å². The number of carbonyl (C=O) groups excluding carboxylic acids is 1. The fourth-order valence-electron chi connectivity index (χ4n) is 1.31. The number of amides is 1. The molecule has 0 spiro atoms. The monoisotopic (exact) mass is 268 g/mol. The lowest BCUT2D eigenvalue weighted by Gasteiger charge is -2.23. The van der Waals surface area contributed by atoms with E-state index in [1.807, 2.05) is 20.8 Å². The van der Waals surface area contributed by atoms with Crippen LogP contribution in [0.3, 0.4) is 0 Å². The second-order valence-corrected chi connectivity index (χ2v) is 5.99. The summed E-state index contributed by atoms with van der Waals surface area (Å²) >= 11 is 2.73. The van der Waals surface area contributed by atoms with Gasteiger partial charge in [0.1, 0.15) is 5.01 Å². The van der Waals surface area contributed by atoms with E-state index in [-0.39, 0.29) is 5.91 Å². The SMILES string of the molecule is Cc1cnc(C(C)(C)NC(=O)c2csnn2)s1. The van der Waals surface area contributed by atoms with Crippen LogP contribution in [-0.4, -0.2) is 20.5 Å². The molecule has 0 aliphatic rings. The van der Waals surface area contributed by atoms with Crippen LogP contribution < -0.4 is 5.32 Å². The highest BCUT2D eigenvalue weighted by Crippen LogP contribution is 2.25. The Morgan fingerprint density at radius 3 is 2.76 bits per heavy atom. The molecule has 5 nitrogen and oxygen atoms in total. The molecule has 0 fully saturated rings. The molecule has 0 bridgehead atoms. The minimum atomic E-state index is -0.500. The molecular weight excluding hydrogens is 256 g/mol. The van der Waals surface area contributed by atoms with Crippen LogP contribution in [0.1, 0.15) is 34.2 Å². The fraction of sp³-hybridized carbons (Fsp3) is 0.400. The fourth-order valence-corrected chi connectivity index (χ4v) is 2.57. The van der Waals surface area contributed by atoms with Crippen molar-refractivity contribution < 1.29 is 4.79 Å². The molecule has 0 saturated heterocycles. The van der Waals surface area contributed by atoms with E-state index in [2.05, 4.69) is 19.9 Å². The predicted octanol–water partition coefficient (Wildman–Crippen LogP) is 1.97. The lowest BCUT2D eigenvalue weighted by atomic mass is 10.1. The van der Waals surface area contributed by atoms with E-state index >= 15 is 0 Å². The maximum Gasteiger partial charge on any atom is 0.273 e. The quantitative estimate of drug-likeness (QED) is 0.924. The van der Waals surface area contributed by atoms with Crippen molar-refractivity contribution in [3.63, 3.8) is 0 Å². The Kier molecular flexibility index (Phi) is 3.21. The molecule has 2 rings (SSSR count). The maximum atomic E-state index is 11.9. The van der Waals surface area contributed by atoms with Crippen LogP contribution in [0.4, 0.5) is 0 Å². The molecule has 0 atom stereocenters. The minimum absolute atomic E-state index is 0.225. The third-order valence-electron chi connectivity index (χ3n) is 2.17. The van der Waals surface area contributed by atoms with E-state index in [4.69, 9.17) is 0 Å². The first-order valence-corrected chi connectivity index (χ1v) is 6.67. The molecule has 2 heterocycles. The second-order valence-electron chi connectivity index (χ2n) is 4.15. The Hall–Kier alpha value is -1.34. The van der Waals surface area contributed by atoms with Crippen molar-refractivity contribution in [3.05, 3.63) is 27.2 Å². The second kappa shape index (κ2) is 4.50. The number of rotatable bonds is 3. The number of carbonyl (C=O) groups is 1. The number of hydrogen-bond acceptors (Lipinski definition) is 6. The molecule has 17 heavy (non-hydrogen) atoms. The molecule has 1 amide bonds. The van der Waals surface area contributed by atoms with E-state index in [0.717, 1.165) is 21.4 Å². The highest BCUT2D eigenvalue weighted by atomic mass is 32.1. The summed E-state index contributed by atoms with van der Waals surface area (Å²) in [5.74, 6) is -0.225. The van der Waals surface area contributed by atoms with Crippen LogP contribution in [0.25, 0.3) is 0 Å². The van der Waals surface area contributed by atoms with Crippen LogP contribution in [-0.2, 0) is 5.54 Å². The summed E-state index contributed by atoms with van der Waals surface area (Å²) in [6.07, 6.45) is 1.80. The van der Waals surface area contributed by atoms with Crippen molar-refractivity contribution in [2.45, 2.75) is 26.3 Å². The molecule has 0 radical (unpaired) electrons. The molecule has 90 valence electrons. The number of nitrogens with zero attached hydrogens (tertiary/aromatic N) is 3. The Labute approximate surface area is 107 Å². The topological polar surface area (TPSA) is 67.8 Å². The number of aromatic nitrogens is 3. The summed E-state index contributed by atoms with van der Waals surface area (Å²) in [4.78, 5) is 17.3. The number of aryl methyl sites for hydroxylation is 1. The van der Waals surface area contributed by atoms with Crippen molar-refractivity contribution in [1.29, 1.82) is 0 Å². The Balaban J connectivity index is 2.15. The Bertz CT molecular complexity index is 518. The van der Waals surface area contributed by atoms with Gasteiger partial charge in [-0.2, -0.15) is 0 Å². The van der Waals surface area contributed by atoms with Gasteiger partial charge < -0.3 is 5.32 Å². The maximum absolute atomic E-state index is 11.9. The average Bonchev–Trinajstić information content (AvgIpc) is 2.86. The van der Waals surface area contributed by atoms with Gasteiger partial charge in [-0.25, -0.2) is 4.98 Å². The number of thiazole rings is 1. The Morgan fingerprint density at radius 2 is 2.24 bits per heavy atom. The lowest BCUT2D eigenvalue weighted by Crippen LogP contribution is -2.41. The lowest BCUT2D eigenvalue weighted by molar-refractivity contribution is 0.0907. The minimum Gasteiger partial charge on any atom is -0.339 e. The summed E-state index contributed by atoms with van der Waals surface area (Å²) in [5.41, 5.74) is -0.157. The van der Waals surface area contributed by atoms with Gasteiger partial charge in [-0.1, -0.05) is 4.49 Å². The summed E-state index contributed by atoms with van der Waals surface area (Å²) in [6, 6.07) is 0. The molecule has 2 aromatic heterocycles. The molecule has 0 saturated carbocycles. The van der Waals surface area contributed by atoms with Gasteiger partial charge in [-0.05, 0) is 32.3 Å². The van der Waals surface area contributed by atoms with Gasteiger partial charge >= 0.3 is 0 Å². The molecule has 0 aliphatic carbocycles. The van der Waals surface area contributed by atoms with Gasteiger partial charge in [0.05, 0.1) is 5.54 Å². The normalized spacial score (nSPS) is 11.5. The van der Waals surface area contributed by atoms with Gasteiger partial charge in [0.25, 0.3) is 5.91 Å². The smallest absolute Gasteiger partial charge is 0.273 e. The Morgan fingerprint density at radius 1 is 1.47 bits per heavy atom. The van der Waals surface area contributed by atoms with Crippen molar-refractivity contribution in [1.82, 2.24) is 19.9 Å². The molecule has 0 unspecified atom stereocenters. The summed E-state index contributed by atoms with van der Waals surface area (Å²) < 4.78 is 3.67. The van der Waals surface area contributed by atoms with Crippen LogP contribution in [0.5, 0.6) is 0 Å². The number of nitrogens with one attached hydrogen (secondary N) is 1. The molecule has 7 heteroatoms. The zero-order chi connectivity index (χ0) is 12.5. The molecule has 2 aromatic rings. The van der Waals surface area contributed by atoms with Gasteiger partial charge in [0.2, 0.25) is 0 Å². The van der Waals surface area contributed by atoms with E-state index < -0.39 is 5.54 Å². The van der Waals surface area contributed by atoms with Crippen LogP contribution in [0.2, 0.25) is 0 Å². The van der Waals surface area contributed by atoms with Gasteiger partial charge in [0.15, 0.2) is 5.69 Å². The van der Waals surface area contributed by atoms with Crippen LogP contribution in [0, 0.1) is 6.92 Å². The predicted molar refractivity (Wildman–Crippen MR) is 67.3 cm³/mol. The highest BCUT2D eigenvalue weighted by molar-refractivity contribution is 7.11. The van der Waals surface area contributed by atoms with E-state index in [0.29, 0.717) is 5.69 Å². The third-order valence-corrected chi connectivity index (χ3v) is 3.92.